The zero-order valence-corrected chi connectivity index (χ0v) is 15.8. The number of imidazole rings is 1. The molecule has 1 heterocycles. The molecule has 0 bridgehead atoms. The second kappa shape index (κ2) is 8.53. The minimum Gasteiger partial charge on any atom is -0.395 e. The number of para-hydroxylation sites is 2. The molecule has 0 aliphatic carbocycles. The molecule has 1 amide bonds. The minimum atomic E-state index is -3.67. The number of anilines is 1. The van der Waals surface area contributed by atoms with Gasteiger partial charge < -0.3 is 15.4 Å². The number of fused-ring (bicyclic) bond motifs is 1. The molecule has 0 fully saturated rings. The fraction of sp³-hybridized carbons (Fsp3) is 0.176. The number of H-pyrrole nitrogens is 1. The topological polar surface area (TPSA) is 124 Å². The predicted molar refractivity (Wildman–Crippen MR) is 104 cm³/mol. The molecule has 10 heteroatoms. The quantitative estimate of drug-likeness (QED) is 0.421. The van der Waals surface area contributed by atoms with Gasteiger partial charge in [-0.05, 0) is 36.4 Å². The van der Waals surface area contributed by atoms with Gasteiger partial charge in [0.25, 0.3) is 0 Å². The van der Waals surface area contributed by atoms with Gasteiger partial charge in [-0.15, -0.1) is 0 Å². The van der Waals surface area contributed by atoms with Gasteiger partial charge in [0, 0.05) is 12.2 Å². The van der Waals surface area contributed by atoms with Gasteiger partial charge in [-0.25, -0.2) is 18.1 Å². The standard InChI is InChI=1S/C17H18N4O4S2/c22-10-9-18-27(24,25)13-7-5-12(6-8-13)19-16(23)11-26-17-20-14-3-1-2-4-15(14)21-17/h1-8,18,22H,9-11H2,(H,19,23)(H,20,21). The highest BCUT2D eigenvalue weighted by molar-refractivity contribution is 7.99. The molecule has 1 aromatic heterocycles. The lowest BCUT2D eigenvalue weighted by molar-refractivity contribution is -0.113. The highest BCUT2D eigenvalue weighted by Crippen LogP contribution is 2.20. The number of sulfonamides is 1. The summed E-state index contributed by atoms with van der Waals surface area (Å²) >= 11 is 1.28. The monoisotopic (exact) mass is 406 g/mol. The number of hydrogen-bond acceptors (Lipinski definition) is 6. The number of amides is 1. The van der Waals surface area contributed by atoms with Gasteiger partial charge >= 0.3 is 0 Å². The molecule has 0 unspecified atom stereocenters. The Morgan fingerprint density at radius 3 is 2.59 bits per heavy atom. The van der Waals surface area contributed by atoms with E-state index in [2.05, 4.69) is 20.0 Å². The normalized spacial score (nSPS) is 11.6. The molecule has 4 N–H and O–H groups in total. The number of thioether (sulfide) groups is 1. The zero-order valence-electron chi connectivity index (χ0n) is 14.2. The Labute approximate surface area is 160 Å². The van der Waals surface area contributed by atoms with Crippen LogP contribution in [-0.4, -0.2) is 48.3 Å². The molecule has 2 aromatic carbocycles. The molecule has 3 aromatic rings. The number of aromatic amines is 1. The summed E-state index contributed by atoms with van der Waals surface area (Å²) in [4.78, 5) is 19.7. The lowest BCUT2D eigenvalue weighted by Gasteiger charge is -2.07. The molecule has 27 heavy (non-hydrogen) atoms. The average molecular weight is 406 g/mol. The van der Waals surface area contributed by atoms with Crippen LogP contribution in [0.2, 0.25) is 0 Å². The molecule has 0 radical (unpaired) electrons. The average Bonchev–Trinajstić information content (AvgIpc) is 3.08. The van der Waals surface area contributed by atoms with E-state index in [0.717, 1.165) is 11.0 Å². The van der Waals surface area contributed by atoms with Gasteiger partial charge in [-0.1, -0.05) is 23.9 Å². The second-order valence-electron chi connectivity index (χ2n) is 5.54. The Kier molecular flexibility index (Phi) is 6.11. The molecular weight excluding hydrogens is 388 g/mol. The van der Waals surface area contributed by atoms with Crippen LogP contribution in [0.25, 0.3) is 11.0 Å². The Balaban J connectivity index is 1.56. The number of hydrogen-bond donors (Lipinski definition) is 4. The van der Waals surface area contributed by atoms with Crippen LogP contribution in [0.4, 0.5) is 5.69 Å². The summed E-state index contributed by atoms with van der Waals surface area (Å²) in [5, 5.41) is 12.1. The van der Waals surface area contributed by atoms with Crippen LogP contribution in [0.15, 0.2) is 58.6 Å². The highest BCUT2D eigenvalue weighted by atomic mass is 32.2. The number of nitrogens with zero attached hydrogens (tertiary/aromatic N) is 1. The highest BCUT2D eigenvalue weighted by Gasteiger charge is 2.13. The van der Waals surface area contributed by atoms with Gasteiger partial charge in [-0.2, -0.15) is 0 Å². The van der Waals surface area contributed by atoms with Crippen molar-refractivity contribution in [2.24, 2.45) is 0 Å². The van der Waals surface area contributed by atoms with Crippen molar-refractivity contribution in [3.63, 3.8) is 0 Å². The van der Waals surface area contributed by atoms with Crippen molar-refractivity contribution < 1.29 is 18.3 Å². The summed E-state index contributed by atoms with van der Waals surface area (Å²) in [5.41, 5.74) is 2.24. The molecular formula is C17H18N4O4S2. The van der Waals surface area contributed by atoms with E-state index in [-0.39, 0.29) is 29.7 Å². The van der Waals surface area contributed by atoms with Crippen LogP contribution in [0, 0.1) is 0 Å². The molecule has 0 aliphatic rings. The minimum absolute atomic E-state index is 0.0557. The number of aliphatic hydroxyl groups excluding tert-OH is 1. The van der Waals surface area contributed by atoms with Gasteiger partial charge in [0.2, 0.25) is 15.9 Å². The first-order valence-electron chi connectivity index (χ1n) is 8.06. The molecule has 0 saturated carbocycles. The van der Waals surface area contributed by atoms with E-state index in [4.69, 9.17) is 5.11 Å². The van der Waals surface area contributed by atoms with E-state index < -0.39 is 10.0 Å². The van der Waals surface area contributed by atoms with Crippen molar-refractivity contribution in [3.05, 3.63) is 48.5 Å². The Hall–Kier alpha value is -2.40. The number of carbonyl (C=O) groups excluding carboxylic acids is 1. The maximum Gasteiger partial charge on any atom is 0.240 e. The number of carbonyl (C=O) groups is 1. The number of rotatable bonds is 8. The van der Waals surface area contributed by atoms with Crippen molar-refractivity contribution in [2.45, 2.75) is 10.1 Å². The Morgan fingerprint density at radius 2 is 1.89 bits per heavy atom. The fourth-order valence-corrected chi connectivity index (χ4v) is 4.02. The summed E-state index contributed by atoms with van der Waals surface area (Å²) in [6, 6.07) is 13.4. The fourth-order valence-electron chi connectivity index (χ4n) is 2.31. The molecule has 0 atom stereocenters. The summed E-state index contributed by atoms with van der Waals surface area (Å²) in [7, 11) is -3.67. The lowest BCUT2D eigenvalue weighted by atomic mass is 10.3. The summed E-state index contributed by atoms with van der Waals surface area (Å²) in [5.74, 6) is -0.0627. The zero-order chi connectivity index (χ0) is 19.3. The van der Waals surface area contributed by atoms with Crippen molar-refractivity contribution in [1.82, 2.24) is 14.7 Å². The van der Waals surface area contributed by atoms with E-state index in [1.54, 1.807) is 0 Å². The first-order chi connectivity index (χ1) is 13.0. The second-order valence-corrected chi connectivity index (χ2v) is 8.27. The Bertz CT molecular complexity index is 1000. The lowest BCUT2D eigenvalue weighted by Crippen LogP contribution is -2.26. The number of nitrogens with one attached hydrogen (secondary N) is 3. The largest absolute Gasteiger partial charge is 0.395 e. The third kappa shape index (κ3) is 5.07. The van der Waals surface area contributed by atoms with Crippen molar-refractivity contribution >= 4 is 44.4 Å². The van der Waals surface area contributed by atoms with E-state index in [0.29, 0.717) is 10.8 Å². The van der Waals surface area contributed by atoms with Crippen molar-refractivity contribution in [2.75, 3.05) is 24.2 Å². The van der Waals surface area contributed by atoms with E-state index in [1.165, 1.54) is 36.0 Å². The van der Waals surface area contributed by atoms with E-state index >= 15 is 0 Å². The Morgan fingerprint density at radius 1 is 1.15 bits per heavy atom. The summed E-state index contributed by atoms with van der Waals surface area (Å²) < 4.78 is 26.1. The SMILES string of the molecule is O=C(CSc1nc2ccccc2[nH]1)Nc1ccc(S(=O)(=O)NCCO)cc1. The maximum atomic E-state index is 12.1. The van der Waals surface area contributed by atoms with Crippen LogP contribution in [0.3, 0.4) is 0 Å². The molecule has 0 aliphatic heterocycles. The predicted octanol–water partition coefficient (Wildman–Crippen LogP) is 1.56. The molecule has 142 valence electrons. The van der Waals surface area contributed by atoms with Crippen LogP contribution < -0.4 is 10.0 Å². The number of aromatic nitrogens is 2. The van der Waals surface area contributed by atoms with Gasteiger partial charge in [0.05, 0.1) is 28.3 Å². The van der Waals surface area contributed by atoms with Gasteiger partial charge in [-0.3, -0.25) is 4.79 Å². The third-order valence-corrected chi connectivity index (χ3v) is 5.91. The van der Waals surface area contributed by atoms with Crippen LogP contribution in [0.5, 0.6) is 0 Å². The number of aliphatic hydroxyl groups is 1. The number of benzene rings is 2. The molecule has 0 saturated heterocycles. The van der Waals surface area contributed by atoms with E-state index in [1.807, 2.05) is 24.3 Å². The maximum absolute atomic E-state index is 12.1. The molecule has 0 spiro atoms. The summed E-state index contributed by atoms with van der Waals surface area (Å²) in [6.45, 7) is -0.337. The van der Waals surface area contributed by atoms with Gasteiger partial charge in [0.15, 0.2) is 5.16 Å². The van der Waals surface area contributed by atoms with Crippen LogP contribution in [-0.2, 0) is 14.8 Å². The first-order valence-corrected chi connectivity index (χ1v) is 10.5. The van der Waals surface area contributed by atoms with Crippen LogP contribution in [0.1, 0.15) is 0 Å². The van der Waals surface area contributed by atoms with E-state index in [9.17, 15) is 13.2 Å². The molecule has 3 rings (SSSR count). The molecule has 8 nitrogen and oxygen atoms in total. The van der Waals surface area contributed by atoms with Crippen LogP contribution >= 0.6 is 11.8 Å². The van der Waals surface area contributed by atoms with Gasteiger partial charge in [0.1, 0.15) is 0 Å². The smallest absolute Gasteiger partial charge is 0.240 e. The van der Waals surface area contributed by atoms with Crippen molar-refractivity contribution in [3.8, 4) is 0 Å². The van der Waals surface area contributed by atoms with Crippen molar-refractivity contribution in [1.29, 1.82) is 0 Å². The third-order valence-electron chi connectivity index (χ3n) is 3.56. The summed E-state index contributed by atoms with van der Waals surface area (Å²) in [6.07, 6.45) is 0. The first kappa shape index (κ1) is 19.4.